The molecule has 28 heavy (non-hydrogen) atoms. The van der Waals surface area contributed by atoms with Crippen LogP contribution < -0.4 is 16.0 Å². The normalized spacial score (nSPS) is 23.2. The molecule has 1 aromatic rings. The molecule has 2 amide bonds. The Labute approximate surface area is 166 Å². The molecule has 7 nitrogen and oxygen atoms in total. The highest BCUT2D eigenvalue weighted by Gasteiger charge is 2.27. The fourth-order valence-electron chi connectivity index (χ4n) is 4.43. The van der Waals surface area contributed by atoms with Gasteiger partial charge in [0.25, 0.3) is 0 Å². The minimum absolute atomic E-state index is 0.0701. The van der Waals surface area contributed by atoms with Crippen LogP contribution in [-0.4, -0.2) is 66.4 Å². The fourth-order valence-corrected chi connectivity index (χ4v) is 4.43. The molecule has 0 spiro atoms. The molecule has 1 aromatic carbocycles. The zero-order valence-corrected chi connectivity index (χ0v) is 16.4. The number of likely N-dealkylation sites (tertiary alicyclic amines) is 1. The number of piperidine rings is 1. The number of amides is 2. The Morgan fingerprint density at radius 2 is 2.14 bits per heavy atom. The summed E-state index contributed by atoms with van der Waals surface area (Å²) in [6.07, 6.45) is 4.59. The Kier molecular flexibility index (Phi) is 6.02. The van der Waals surface area contributed by atoms with E-state index < -0.39 is 6.10 Å². The molecule has 0 saturated carbocycles. The standard InChI is InChI=1S/C21H31N5O2/c27-19(14-25-9-7-16-4-1-2-5-17(16)12-25)10-23-21(28)26-8-3-6-18(13-26)20-11-22-15-24-20/h1-2,4-5,11,18-19,22,24,27H,3,6-10,12-15H2,(H,23,28)/t18?,19-/m0/s1. The number of benzene rings is 1. The quantitative estimate of drug-likeness (QED) is 0.604. The van der Waals surface area contributed by atoms with Crippen molar-refractivity contribution < 1.29 is 9.90 Å². The summed E-state index contributed by atoms with van der Waals surface area (Å²) in [5, 5.41) is 19.8. The number of nitrogens with zero attached hydrogens (tertiary/aromatic N) is 2. The van der Waals surface area contributed by atoms with Crippen molar-refractivity contribution in [1.82, 2.24) is 25.8 Å². The lowest BCUT2D eigenvalue weighted by Crippen LogP contribution is -2.49. The van der Waals surface area contributed by atoms with E-state index in [2.05, 4.69) is 45.1 Å². The van der Waals surface area contributed by atoms with E-state index in [1.54, 1.807) is 0 Å². The highest BCUT2D eigenvalue weighted by Crippen LogP contribution is 2.23. The van der Waals surface area contributed by atoms with Gasteiger partial charge in [0.1, 0.15) is 0 Å². The average molecular weight is 386 g/mol. The van der Waals surface area contributed by atoms with Gasteiger partial charge in [-0.05, 0) is 30.4 Å². The van der Waals surface area contributed by atoms with E-state index in [4.69, 9.17) is 0 Å². The molecule has 4 N–H and O–H groups in total. The van der Waals surface area contributed by atoms with Gasteiger partial charge in [-0.15, -0.1) is 0 Å². The predicted molar refractivity (Wildman–Crippen MR) is 108 cm³/mol. The summed E-state index contributed by atoms with van der Waals surface area (Å²) in [6, 6.07) is 8.42. The Balaban J connectivity index is 1.21. The molecule has 152 valence electrons. The molecule has 1 saturated heterocycles. The van der Waals surface area contributed by atoms with Crippen molar-refractivity contribution in [2.24, 2.45) is 5.92 Å². The van der Waals surface area contributed by atoms with Gasteiger partial charge in [0.05, 0.1) is 12.8 Å². The summed E-state index contributed by atoms with van der Waals surface area (Å²) in [7, 11) is 0. The number of carbonyl (C=O) groups is 1. The molecule has 7 heteroatoms. The summed E-state index contributed by atoms with van der Waals surface area (Å²) < 4.78 is 0. The Bertz CT molecular complexity index is 723. The first-order valence-electron chi connectivity index (χ1n) is 10.4. The van der Waals surface area contributed by atoms with Gasteiger partial charge in [-0.1, -0.05) is 24.3 Å². The molecule has 0 aromatic heterocycles. The first-order valence-corrected chi connectivity index (χ1v) is 10.4. The maximum absolute atomic E-state index is 12.6. The average Bonchev–Trinajstić information content (AvgIpc) is 3.27. The molecule has 0 bridgehead atoms. The number of hydrogen-bond acceptors (Lipinski definition) is 5. The van der Waals surface area contributed by atoms with E-state index in [9.17, 15) is 9.90 Å². The van der Waals surface area contributed by atoms with Crippen LogP contribution in [0.2, 0.25) is 0 Å². The molecule has 4 rings (SSSR count). The van der Waals surface area contributed by atoms with Crippen LogP contribution >= 0.6 is 0 Å². The number of hydrogen-bond donors (Lipinski definition) is 4. The molecular formula is C21H31N5O2. The molecular weight excluding hydrogens is 354 g/mol. The summed E-state index contributed by atoms with van der Waals surface area (Å²) in [5.74, 6) is 0.368. The Hall–Kier alpha value is -2.25. The molecule has 3 heterocycles. The smallest absolute Gasteiger partial charge is 0.317 e. The maximum Gasteiger partial charge on any atom is 0.317 e. The maximum atomic E-state index is 12.6. The van der Waals surface area contributed by atoms with Crippen LogP contribution in [0.5, 0.6) is 0 Å². The van der Waals surface area contributed by atoms with Crippen LogP contribution in [-0.2, 0) is 13.0 Å². The first-order chi connectivity index (χ1) is 13.7. The second kappa shape index (κ2) is 8.84. The van der Waals surface area contributed by atoms with Crippen molar-refractivity contribution in [2.45, 2.75) is 31.9 Å². The number of fused-ring (bicyclic) bond motifs is 1. The summed E-state index contributed by atoms with van der Waals surface area (Å²) in [5.41, 5.74) is 3.94. The summed E-state index contributed by atoms with van der Waals surface area (Å²) >= 11 is 0. The van der Waals surface area contributed by atoms with Crippen molar-refractivity contribution >= 4 is 6.03 Å². The largest absolute Gasteiger partial charge is 0.390 e. The summed E-state index contributed by atoms with van der Waals surface area (Å²) in [4.78, 5) is 16.7. The van der Waals surface area contributed by atoms with E-state index in [0.717, 1.165) is 52.1 Å². The van der Waals surface area contributed by atoms with Crippen LogP contribution in [0.3, 0.4) is 0 Å². The van der Waals surface area contributed by atoms with Crippen LogP contribution in [0.25, 0.3) is 0 Å². The number of rotatable bonds is 5. The molecule has 2 atom stereocenters. The highest BCUT2D eigenvalue weighted by atomic mass is 16.3. The lowest BCUT2D eigenvalue weighted by molar-refractivity contribution is 0.102. The third-order valence-corrected chi connectivity index (χ3v) is 5.97. The van der Waals surface area contributed by atoms with Gasteiger partial charge in [0, 0.05) is 57.1 Å². The first kappa shape index (κ1) is 19.1. The minimum Gasteiger partial charge on any atom is -0.390 e. The zero-order valence-electron chi connectivity index (χ0n) is 16.4. The number of urea groups is 1. The van der Waals surface area contributed by atoms with Crippen molar-refractivity contribution in [3.63, 3.8) is 0 Å². The van der Waals surface area contributed by atoms with Crippen LogP contribution in [0, 0.1) is 5.92 Å². The minimum atomic E-state index is -0.557. The predicted octanol–water partition coefficient (Wildman–Crippen LogP) is 0.819. The molecule has 3 aliphatic rings. The number of carbonyl (C=O) groups excluding carboxylic acids is 1. The highest BCUT2D eigenvalue weighted by molar-refractivity contribution is 5.74. The molecule has 1 fully saturated rings. The van der Waals surface area contributed by atoms with Crippen molar-refractivity contribution in [3.05, 3.63) is 47.3 Å². The van der Waals surface area contributed by atoms with Crippen LogP contribution in [0.4, 0.5) is 4.79 Å². The van der Waals surface area contributed by atoms with E-state index in [-0.39, 0.29) is 6.03 Å². The lowest BCUT2D eigenvalue weighted by Gasteiger charge is -2.34. The molecule has 0 aliphatic carbocycles. The zero-order chi connectivity index (χ0) is 19.3. The van der Waals surface area contributed by atoms with E-state index in [1.165, 1.54) is 16.8 Å². The molecule has 1 unspecified atom stereocenters. The van der Waals surface area contributed by atoms with Gasteiger partial charge < -0.3 is 26.0 Å². The van der Waals surface area contributed by atoms with Gasteiger partial charge in [0.2, 0.25) is 0 Å². The topological polar surface area (TPSA) is 79.9 Å². The van der Waals surface area contributed by atoms with E-state index in [1.807, 2.05) is 11.1 Å². The second-order valence-electron chi connectivity index (χ2n) is 8.04. The van der Waals surface area contributed by atoms with E-state index in [0.29, 0.717) is 19.0 Å². The summed E-state index contributed by atoms with van der Waals surface area (Å²) in [6.45, 7) is 4.97. The van der Waals surface area contributed by atoms with Gasteiger partial charge in [-0.3, -0.25) is 4.90 Å². The van der Waals surface area contributed by atoms with E-state index >= 15 is 0 Å². The van der Waals surface area contributed by atoms with Crippen molar-refractivity contribution in [1.29, 1.82) is 0 Å². The molecule has 3 aliphatic heterocycles. The number of aliphatic hydroxyl groups excluding tert-OH is 1. The Morgan fingerprint density at radius 3 is 2.96 bits per heavy atom. The van der Waals surface area contributed by atoms with Crippen molar-refractivity contribution in [3.8, 4) is 0 Å². The van der Waals surface area contributed by atoms with Crippen LogP contribution in [0.15, 0.2) is 36.2 Å². The van der Waals surface area contributed by atoms with Crippen molar-refractivity contribution in [2.75, 3.05) is 39.4 Å². The number of nitrogens with one attached hydrogen (secondary N) is 3. The third kappa shape index (κ3) is 4.59. The number of aliphatic hydroxyl groups is 1. The second-order valence-corrected chi connectivity index (χ2v) is 8.04. The number of β-amino-alcohol motifs (C(OH)–C–C–N with tert-alkyl or cyclic N) is 1. The van der Waals surface area contributed by atoms with Gasteiger partial charge in [0.15, 0.2) is 0 Å². The SMILES string of the molecule is O=C(NC[C@H](O)CN1CCc2ccccc2C1)N1CCCC(C2=CNCN2)C1. The van der Waals surface area contributed by atoms with Crippen LogP contribution in [0.1, 0.15) is 24.0 Å². The van der Waals surface area contributed by atoms with Gasteiger partial charge in [-0.2, -0.15) is 0 Å². The monoisotopic (exact) mass is 385 g/mol. The lowest BCUT2D eigenvalue weighted by atomic mass is 9.95. The van der Waals surface area contributed by atoms with Gasteiger partial charge in [-0.25, -0.2) is 4.79 Å². The van der Waals surface area contributed by atoms with Gasteiger partial charge >= 0.3 is 6.03 Å². The fraction of sp³-hybridized carbons (Fsp3) is 0.571. The third-order valence-electron chi connectivity index (χ3n) is 5.97. The molecule has 0 radical (unpaired) electrons. The Morgan fingerprint density at radius 1 is 1.29 bits per heavy atom.